The summed E-state index contributed by atoms with van der Waals surface area (Å²) in [6.07, 6.45) is 1.18. The number of likely N-dealkylation sites (tertiary alicyclic amines) is 1. The molecule has 1 saturated heterocycles. The van der Waals surface area contributed by atoms with E-state index < -0.39 is 0 Å². The van der Waals surface area contributed by atoms with Crippen molar-refractivity contribution in [3.63, 3.8) is 0 Å². The number of carbonyl (C=O) groups is 1. The molecular weight excluding hydrogens is 138 g/mol. The third kappa shape index (κ3) is 1.95. The molecule has 0 saturated carbocycles. The molecule has 1 atom stereocenters. The minimum absolute atomic E-state index is 0.167. The smallest absolute Gasteiger partial charge is 0.225 e. The van der Waals surface area contributed by atoms with Crippen molar-refractivity contribution in [1.29, 1.82) is 0 Å². The van der Waals surface area contributed by atoms with Crippen LogP contribution in [0.2, 0.25) is 0 Å². The molecule has 1 aliphatic rings. The molecule has 0 bridgehead atoms. The van der Waals surface area contributed by atoms with Gasteiger partial charge in [-0.2, -0.15) is 0 Å². The van der Waals surface area contributed by atoms with Gasteiger partial charge in [0.05, 0.1) is 0 Å². The Balaban J connectivity index is 2.43. The van der Waals surface area contributed by atoms with E-state index in [2.05, 4.69) is 6.92 Å². The van der Waals surface area contributed by atoms with E-state index in [9.17, 15) is 4.79 Å². The predicted molar refractivity (Wildman–Crippen MR) is 45.2 cm³/mol. The van der Waals surface area contributed by atoms with E-state index in [1.807, 2.05) is 18.7 Å². The molecule has 0 aromatic carbocycles. The van der Waals surface area contributed by atoms with E-state index in [0.717, 1.165) is 13.1 Å². The molecule has 1 aliphatic heterocycles. The summed E-state index contributed by atoms with van der Waals surface area (Å²) < 4.78 is 0. The van der Waals surface area contributed by atoms with Gasteiger partial charge in [-0.3, -0.25) is 4.79 Å². The highest BCUT2D eigenvalue weighted by atomic mass is 16.2. The van der Waals surface area contributed by atoms with Gasteiger partial charge >= 0.3 is 0 Å². The molecule has 11 heavy (non-hydrogen) atoms. The van der Waals surface area contributed by atoms with E-state index >= 15 is 0 Å². The molecule has 1 fully saturated rings. The molecule has 0 aliphatic carbocycles. The third-order valence-corrected chi connectivity index (χ3v) is 2.23. The average molecular weight is 155 g/mol. The van der Waals surface area contributed by atoms with E-state index in [4.69, 9.17) is 0 Å². The molecule has 2 nitrogen and oxygen atoms in total. The van der Waals surface area contributed by atoms with Crippen molar-refractivity contribution in [3.8, 4) is 0 Å². The number of rotatable bonds is 1. The maximum Gasteiger partial charge on any atom is 0.225 e. The molecule has 1 heterocycles. The van der Waals surface area contributed by atoms with Gasteiger partial charge in [0.2, 0.25) is 5.91 Å². The van der Waals surface area contributed by atoms with Crippen LogP contribution in [0.15, 0.2) is 0 Å². The second kappa shape index (κ2) is 3.24. The van der Waals surface area contributed by atoms with Gasteiger partial charge in [0, 0.05) is 19.0 Å². The summed E-state index contributed by atoms with van der Waals surface area (Å²) in [7, 11) is 0. The molecule has 1 amide bonds. The lowest BCUT2D eigenvalue weighted by Gasteiger charge is -2.17. The lowest BCUT2D eigenvalue weighted by atomic mass is 10.2. The zero-order valence-corrected chi connectivity index (χ0v) is 7.63. The normalized spacial score (nSPS) is 24.7. The summed E-state index contributed by atoms with van der Waals surface area (Å²) >= 11 is 0. The van der Waals surface area contributed by atoms with Gasteiger partial charge in [-0.25, -0.2) is 0 Å². The fourth-order valence-corrected chi connectivity index (χ4v) is 1.50. The summed E-state index contributed by atoms with van der Waals surface area (Å²) in [5.74, 6) is 1.19. The Kier molecular flexibility index (Phi) is 2.53. The van der Waals surface area contributed by atoms with Crippen LogP contribution in [-0.2, 0) is 4.79 Å². The first kappa shape index (κ1) is 8.57. The highest BCUT2D eigenvalue weighted by Crippen LogP contribution is 2.16. The van der Waals surface area contributed by atoms with Crippen LogP contribution in [0.3, 0.4) is 0 Å². The Hall–Kier alpha value is -0.530. The Labute approximate surface area is 68.6 Å². The quantitative estimate of drug-likeness (QED) is 0.562. The van der Waals surface area contributed by atoms with Gasteiger partial charge in [0.25, 0.3) is 0 Å². The first-order chi connectivity index (χ1) is 5.11. The topological polar surface area (TPSA) is 20.3 Å². The second-order valence-electron chi connectivity index (χ2n) is 3.83. The third-order valence-electron chi connectivity index (χ3n) is 2.23. The standard InChI is InChI=1S/C9H17NO/c1-7(2)9(11)10-5-4-8(3)6-10/h7-8H,4-6H2,1-3H3/t8-/m0/s1. The lowest BCUT2D eigenvalue weighted by molar-refractivity contribution is -0.133. The SMILES string of the molecule is CC(C)C(=O)N1CC[C@H](C)C1. The zero-order valence-electron chi connectivity index (χ0n) is 7.63. The van der Waals surface area contributed by atoms with E-state index in [1.165, 1.54) is 6.42 Å². The summed E-state index contributed by atoms with van der Waals surface area (Å²) in [6, 6.07) is 0. The highest BCUT2D eigenvalue weighted by molar-refractivity contribution is 5.78. The largest absolute Gasteiger partial charge is 0.342 e. The van der Waals surface area contributed by atoms with Crippen LogP contribution in [0.25, 0.3) is 0 Å². The van der Waals surface area contributed by atoms with Crippen molar-refractivity contribution in [1.82, 2.24) is 4.90 Å². The van der Waals surface area contributed by atoms with Gasteiger partial charge < -0.3 is 4.90 Å². The summed E-state index contributed by atoms with van der Waals surface area (Å²) in [4.78, 5) is 13.4. The molecule has 0 aromatic rings. The molecule has 2 heteroatoms. The Morgan fingerprint density at radius 2 is 2.18 bits per heavy atom. The van der Waals surface area contributed by atoms with Gasteiger partial charge in [-0.15, -0.1) is 0 Å². The van der Waals surface area contributed by atoms with E-state index in [0.29, 0.717) is 11.8 Å². The van der Waals surface area contributed by atoms with Crippen molar-refractivity contribution >= 4 is 5.91 Å². The van der Waals surface area contributed by atoms with Gasteiger partial charge in [0.1, 0.15) is 0 Å². The first-order valence-electron chi connectivity index (χ1n) is 4.40. The minimum atomic E-state index is 0.167. The van der Waals surface area contributed by atoms with Crippen molar-refractivity contribution in [2.24, 2.45) is 11.8 Å². The Morgan fingerprint density at radius 1 is 1.55 bits per heavy atom. The van der Waals surface area contributed by atoms with Crippen LogP contribution in [0.4, 0.5) is 0 Å². The lowest BCUT2D eigenvalue weighted by Crippen LogP contribution is -2.31. The molecule has 0 N–H and O–H groups in total. The van der Waals surface area contributed by atoms with E-state index in [1.54, 1.807) is 0 Å². The second-order valence-corrected chi connectivity index (χ2v) is 3.83. The van der Waals surface area contributed by atoms with Crippen molar-refractivity contribution in [2.75, 3.05) is 13.1 Å². The maximum atomic E-state index is 11.4. The monoisotopic (exact) mass is 155 g/mol. The van der Waals surface area contributed by atoms with Crippen LogP contribution in [-0.4, -0.2) is 23.9 Å². The molecule has 1 rings (SSSR count). The Morgan fingerprint density at radius 3 is 2.55 bits per heavy atom. The van der Waals surface area contributed by atoms with Crippen LogP contribution < -0.4 is 0 Å². The van der Waals surface area contributed by atoms with Crippen molar-refractivity contribution in [2.45, 2.75) is 27.2 Å². The molecule has 0 radical (unpaired) electrons. The Bertz CT molecular complexity index is 154. The van der Waals surface area contributed by atoms with Crippen molar-refractivity contribution < 1.29 is 4.79 Å². The first-order valence-corrected chi connectivity index (χ1v) is 4.40. The summed E-state index contributed by atoms with van der Waals surface area (Å²) in [6.45, 7) is 8.07. The number of hydrogen-bond donors (Lipinski definition) is 0. The number of amides is 1. The number of carbonyl (C=O) groups excluding carboxylic acids is 1. The van der Waals surface area contributed by atoms with E-state index in [-0.39, 0.29) is 5.92 Å². The molecule has 0 aromatic heterocycles. The van der Waals surface area contributed by atoms with Crippen LogP contribution >= 0.6 is 0 Å². The molecule has 0 spiro atoms. The minimum Gasteiger partial charge on any atom is -0.342 e. The maximum absolute atomic E-state index is 11.4. The van der Waals surface area contributed by atoms with Crippen LogP contribution in [0.5, 0.6) is 0 Å². The molecule has 64 valence electrons. The number of nitrogens with zero attached hydrogens (tertiary/aromatic N) is 1. The van der Waals surface area contributed by atoms with Gasteiger partial charge in [-0.1, -0.05) is 20.8 Å². The van der Waals surface area contributed by atoms with Gasteiger partial charge in [0.15, 0.2) is 0 Å². The summed E-state index contributed by atoms with van der Waals surface area (Å²) in [5.41, 5.74) is 0. The summed E-state index contributed by atoms with van der Waals surface area (Å²) in [5, 5.41) is 0. The van der Waals surface area contributed by atoms with Crippen molar-refractivity contribution in [3.05, 3.63) is 0 Å². The zero-order chi connectivity index (χ0) is 8.43. The fourth-order valence-electron chi connectivity index (χ4n) is 1.50. The van der Waals surface area contributed by atoms with Crippen LogP contribution in [0.1, 0.15) is 27.2 Å². The fraction of sp³-hybridized carbons (Fsp3) is 0.889. The predicted octanol–water partition coefficient (Wildman–Crippen LogP) is 1.51. The highest BCUT2D eigenvalue weighted by Gasteiger charge is 2.24. The molecular formula is C9H17NO. The average Bonchev–Trinajstić information content (AvgIpc) is 2.34. The number of hydrogen-bond acceptors (Lipinski definition) is 1. The molecule has 0 unspecified atom stereocenters. The van der Waals surface area contributed by atoms with Gasteiger partial charge in [-0.05, 0) is 12.3 Å². The van der Waals surface area contributed by atoms with Crippen LogP contribution in [0, 0.1) is 11.8 Å².